The molecule has 0 saturated heterocycles. The lowest BCUT2D eigenvalue weighted by Crippen LogP contribution is -2.42. The van der Waals surface area contributed by atoms with E-state index in [0.29, 0.717) is 12.0 Å². The number of aryl methyl sites for hydroxylation is 1. The van der Waals surface area contributed by atoms with Gasteiger partial charge in [0.15, 0.2) is 6.61 Å². The van der Waals surface area contributed by atoms with Crippen molar-refractivity contribution in [2.45, 2.75) is 46.1 Å². The summed E-state index contributed by atoms with van der Waals surface area (Å²) in [5.41, 5.74) is 6.03. The van der Waals surface area contributed by atoms with Gasteiger partial charge >= 0.3 is 5.97 Å². The summed E-state index contributed by atoms with van der Waals surface area (Å²) in [4.78, 5) is 30.2. The highest BCUT2D eigenvalue weighted by molar-refractivity contribution is 6.07. The molecule has 0 spiro atoms. The molecule has 3 aromatic rings. The first-order valence-corrected chi connectivity index (χ1v) is 10.9. The van der Waals surface area contributed by atoms with Gasteiger partial charge in [-0.05, 0) is 69.4 Å². The Bertz CT molecular complexity index is 1220. The third-order valence-electron chi connectivity index (χ3n) is 5.41. The van der Waals surface area contributed by atoms with E-state index in [2.05, 4.69) is 42.6 Å². The van der Waals surface area contributed by atoms with E-state index in [1.807, 2.05) is 45.0 Å². The highest BCUT2D eigenvalue weighted by Crippen LogP contribution is 2.37. The van der Waals surface area contributed by atoms with Crippen molar-refractivity contribution >= 4 is 34.4 Å². The van der Waals surface area contributed by atoms with E-state index in [1.54, 1.807) is 0 Å². The van der Waals surface area contributed by atoms with E-state index in [0.717, 1.165) is 39.7 Å². The molecule has 1 amide bonds. The van der Waals surface area contributed by atoms with Crippen molar-refractivity contribution in [1.29, 1.82) is 0 Å². The second-order valence-corrected chi connectivity index (χ2v) is 9.29. The number of pyridine rings is 1. The number of aromatic nitrogens is 1. The molecule has 1 heterocycles. The second kappa shape index (κ2) is 8.58. The first-order chi connectivity index (χ1) is 15.2. The van der Waals surface area contributed by atoms with Crippen LogP contribution >= 0.6 is 0 Å². The lowest BCUT2D eigenvalue weighted by molar-refractivity contribution is -0.125. The molecule has 0 atom stereocenters. The SMILES string of the molecule is Cc1ccc(/C=C2/CCc3c2nc2ccccc2c3C(=O)OCC(=O)NC(C)(C)C)cc1. The molecule has 5 heteroatoms. The minimum Gasteiger partial charge on any atom is -0.452 e. The Hall–Kier alpha value is -3.47. The van der Waals surface area contributed by atoms with Crippen LogP contribution < -0.4 is 5.32 Å². The van der Waals surface area contributed by atoms with Crippen molar-refractivity contribution in [3.8, 4) is 0 Å². The number of carbonyl (C=O) groups is 2. The molecule has 0 unspecified atom stereocenters. The number of hydrogen-bond donors (Lipinski definition) is 1. The third-order valence-corrected chi connectivity index (χ3v) is 5.41. The molecule has 0 fully saturated rings. The number of amides is 1. The Morgan fingerprint density at radius 2 is 1.78 bits per heavy atom. The van der Waals surface area contributed by atoms with Gasteiger partial charge in [0.1, 0.15) is 0 Å². The van der Waals surface area contributed by atoms with Gasteiger partial charge in [0.25, 0.3) is 5.91 Å². The molecule has 0 radical (unpaired) electrons. The van der Waals surface area contributed by atoms with Gasteiger partial charge in [-0.15, -0.1) is 0 Å². The Morgan fingerprint density at radius 3 is 2.50 bits per heavy atom. The second-order valence-electron chi connectivity index (χ2n) is 9.29. The number of hydrogen-bond acceptors (Lipinski definition) is 4. The minimum absolute atomic E-state index is 0.312. The van der Waals surface area contributed by atoms with Crippen molar-refractivity contribution < 1.29 is 14.3 Å². The van der Waals surface area contributed by atoms with E-state index >= 15 is 0 Å². The summed E-state index contributed by atoms with van der Waals surface area (Å²) in [7, 11) is 0. The van der Waals surface area contributed by atoms with E-state index in [9.17, 15) is 9.59 Å². The van der Waals surface area contributed by atoms with Crippen LogP contribution in [-0.4, -0.2) is 29.0 Å². The molecule has 0 aliphatic heterocycles. The zero-order valence-electron chi connectivity index (χ0n) is 19.0. The molecular formula is C27H28N2O3. The molecule has 1 aromatic heterocycles. The fourth-order valence-electron chi connectivity index (χ4n) is 4.03. The molecule has 32 heavy (non-hydrogen) atoms. The number of para-hydroxylation sites is 1. The summed E-state index contributed by atoms with van der Waals surface area (Å²) < 4.78 is 5.44. The van der Waals surface area contributed by atoms with Crippen LogP contribution in [0, 0.1) is 6.92 Å². The minimum atomic E-state index is -0.486. The molecule has 164 valence electrons. The number of ether oxygens (including phenoxy) is 1. The highest BCUT2D eigenvalue weighted by Gasteiger charge is 2.28. The molecule has 4 rings (SSSR count). The van der Waals surface area contributed by atoms with E-state index < -0.39 is 5.97 Å². The lowest BCUT2D eigenvalue weighted by atomic mass is 10.0. The Kier molecular flexibility index (Phi) is 5.83. The van der Waals surface area contributed by atoms with Gasteiger partial charge in [0.2, 0.25) is 0 Å². The number of esters is 1. The Morgan fingerprint density at radius 1 is 1.06 bits per heavy atom. The fourth-order valence-corrected chi connectivity index (χ4v) is 4.03. The van der Waals surface area contributed by atoms with Crippen molar-refractivity contribution in [3.63, 3.8) is 0 Å². The predicted molar refractivity (Wildman–Crippen MR) is 127 cm³/mol. The van der Waals surface area contributed by atoms with Crippen LogP contribution in [0.4, 0.5) is 0 Å². The van der Waals surface area contributed by atoms with Crippen molar-refractivity contribution in [3.05, 3.63) is 76.5 Å². The number of benzene rings is 2. The average molecular weight is 429 g/mol. The van der Waals surface area contributed by atoms with Gasteiger partial charge in [0.05, 0.1) is 16.8 Å². The average Bonchev–Trinajstić information content (AvgIpc) is 3.12. The van der Waals surface area contributed by atoms with E-state index in [1.165, 1.54) is 5.56 Å². The quantitative estimate of drug-likeness (QED) is 0.587. The zero-order chi connectivity index (χ0) is 22.9. The van der Waals surface area contributed by atoms with Gasteiger partial charge in [0, 0.05) is 10.9 Å². The van der Waals surface area contributed by atoms with Crippen LogP contribution in [0.3, 0.4) is 0 Å². The van der Waals surface area contributed by atoms with Crippen LogP contribution in [-0.2, 0) is 16.0 Å². The third kappa shape index (κ3) is 4.72. The summed E-state index contributed by atoms with van der Waals surface area (Å²) in [6.45, 7) is 7.41. The van der Waals surface area contributed by atoms with E-state index in [-0.39, 0.29) is 18.1 Å². The summed E-state index contributed by atoms with van der Waals surface area (Å²) in [5, 5.41) is 3.57. The smallest absolute Gasteiger partial charge is 0.339 e. The largest absolute Gasteiger partial charge is 0.452 e. The van der Waals surface area contributed by atoms with Gasteiger partial charge < -0.3 is 10.1 Å². The maximum atomic E-state index is 13.1. The molecule has 0 saturated carbocycles. The van der Waals surface area contributed by atoms with Crippen molar-refractivity contribution in [1.82, 2.24) is 10.3 Å². The lowest BCUT2D eigenvalue weighted by Gasteiger charge is -2.20. The van der Waals surface area contributed by atoms with Gasteiger partial charge in [-0.1, -0.05) is 48.0 Å². The van der Waals surface area contributed by atoms with Crippen LogP contribution in [0.15, 0.2) is 48.5 Å². The predicted octanol–water partition coefficient (Wildman–Crippen LogP) is 5.10. The number of nitrogens with zero attached hydrogens (tertiary/aromatic N) is 1. The van der Waals surface area contributed by atoms with Gasteiger partial charge in [-0.3, -0.25) is 4.79 Å². The molecular weight excluding hydrogens is 400 g/mol. The van der Waals surface area contributed by atoms with Crippen LogP contribution in [0.25, 0.3) is 22.6 Å². The summed E-state index contributed by atoms with van der Waals surface area (Å²) in [6, 6.07) is 15.9. The molecule has 2 aromatic carbocycles. The topological polar surface area (TPSA) is 68.3 Å². The number of carbonyl (C=O) groups excluding carboxylic acids is 2. The van der Waals surface area contributed by atoms with Gasteiger partial charge in [-0.25, -0.2) is 9.78 Å². The summed E-state index contributed by atoms with van der Waals surface area (Å²) in [6.07, 6.45) is 3.65. The zero-order valence-corrected chi connectivity index (χ0v) is 19.0. The van der Waals surface area contributed by atoms with Gasteiger partial charge in [-0.2, -0.15) is 0 Å². The van der Waals surface area contributed by atoms with Crippen LogP contribution in [0.1, 0.15) is 59.9 Å². The van der Waals surface area contributed by atoms with Crippen molar-refractivity contribution in [2.75, 3.05) is 6.61 Å². The van der Waals surface area contributed by atoms with E-state index in [4.69, 9.17) is 9.72 Å². The normalized spacial score (nSPS) is 14.4. The number of allylic oxidation sites excluding steroid dienone is 1. The summed E-state index contributed by atoms with van der Waals surface area (Å²) >= 11 is 0. The molecule has 1 N–H and O–H groups in total. The molecule has 0 bridgehead atoms. The first-order valence-electron chi connectivity index (χ1n) is 10.9. The number of fused-ring (bicyclic) bond motifs is 2. The monoisotopic (exact) mass is 428 g/mol. The first kappa shape index (κ1) is 21.8. The Balaban J connectivity index is 1.70. The number of nitrogens with one attached hydrogen (secondary N) is 1. The Labute approximate surface area is 188 Å². The molecule has 1 aliphatic carbocycles. The maximum Gasteiger partial charge on any atom is 0.339 e. The maximum absolute atomic E-state index is 13.1. The standard InChI is InChI=1S/C27H28N2O3/c1-17-9-11-18(12-10-17)15-19-13-14-21-24(20-7-5-6-8-22(20)28-25(19)21)26(31)32-16-23(30)29-27(2,3)4/h5-12,15H,13-14,16H2,1-4H3,(H,29,30)/b19-15-. The highest BCUT2D eigenvalue weighted by atomic mass is 16.5. The molecule has 5 nitrogen and oxygen atoms in total. The van der Waals surface area contributed by atoms with Crippen LogP contribution in [0.2, 0.25) is 0 Å². The fraction of sp³-hybridized carbons (Fsp3) is 0.296. The van der Waals surface area contributed by atoms with Crippen molar-refractivity contribution in [2.24, 2.45) is 0 Å². The summed E-state index contributed by atoms with van der Waals surface area (Å²) in [5.74, 6) is -0.804. The number of rotatable bonds is 4. The van der Waals surface area contributed by atoms with Crippen LogP contribution in [0.5, 0.6) is 0 Å². The molecule has 1 aliphatic rings.